The quantitative estimate of drug-likeness (QED) is 0.836. The topological polar surface area (TPSA) is 84.5 Å². The van der Waals surface area contributed by atoms with Gasteiger partial charge in [0.05, 0.1) is 10.6 Å². The maximum atomic E-state index is 13.6. The Balaban J connectivity index is 1.64. The molecule has 136 valence electrons. The van der Waals surface area contributed by atoms with Gasteiger partial charge >= 0.3 is 0 Å². The van der Waals surface area contributed by atoms with Crippen LogP contribution in [0.25, 0.3) is 0 Å². The van der Waals surface area contributed by atoms with Gasteiger partial charge < -0.3 is 10.1 Å². The summed E-state index contributed by atoms with van der Waals surface area (Å²) in [7, 11) is -3.85. The lowest BCUT2D eigenvalue weighted by molar-refractivity contribution is -0.118. The van der Waals surface area contributed by atoms with E-state index in [1.807, 2.05) is 0 Å². The molecule has 0 bridgehead atoms. The third-order valence-corrected chi connectivity index (χ3v) is 6.79. The molecule has 4 rings (SSSR count). The number of rotatable bonds is 3. The molecule has 26 heavy (non-hydrogen) atoms. The van der Waals surface area contributed by atoms with Crippen LogP contribution in [0.5, 0.6) is 5.75 Å². The average molecular weight is 394 g/mol. The third kappa shape index (κ3) is 3.29. The molecule has 0 saturated heterocycles. The molecule has 2 heterocycles. The van der Waals surface area contributed by atoms with Crippen LogP contribution in [0, 0.1) is 5.82 Å². The van der Waals surface area contributed by atoms with Gasteiger partial charge in [-0.25, -0.2) is 17.5 Å². The molecule has 2 aromatic carbocycles. The molecule has 9 heteroatoms. The van der Waals surface area contributed by atoms with Crippen molar-refractivity contribution in [3.63, 3.8) is 0 Å². The van der Waals surface area contributed by atoms with Crippen LogP contribution in [-0.2, 0) is 14.8 Å². The number of thioether (sulfide) groups is 1. The van der Waals surface area contributed by atoms with Gasteiger partial charge in [0, 0.05) is 10.9 Å². The molecule has 2 aromatic rings. The van der Waals surface area contributed by atoms with Crippen LogP contribution >= 0.6 is 11.8 Å². The normalized spacial score (nSPS) is 19.1. The molecule has 0 fully saturated rings. The fourth-order valence-electron chi connectivity index (χ4n) is 2.97. The average Bonchev–Trinajstić information content (AvgIpc) is 2.61. The Bertz CT molecular complexity index is 994. The number of hydrogen-bond donors (Lipinski definition) is 2. The monoisotopic (exact) mass is 394 g/mol. The van der Waals surface area contributed by atoms with E-state index in [0.717, 1.165) is 10.6 Å². The van der Waals surface area contributed by atoms with Gasteiger partial charge in [-0.3, -0.25) is 4.79 Å². The largest absolute Gasteiger partial charge is 0.482 e. The van der Waals surface area contributed by atoms with Crippen LogP contribution in [0.3, 0.4) is 0 Å². The van der Waals surface area contributed by atoms with Crippen LogP contribution in [0.2, 0.25) is 0 Å². The first kappa shape index (κ1) is 17.3. The van der Waals surface area contributed by atoms with Gasteiger partial charge in [-0.2, -0.15) is 0 Å². The maximum Gasteiger partial charge on any atom is 0.262 e. The first-order chi connectivity index (χ1) is 12.4. The number of carbonyl (C=O) groups excluding carboxylic acids is 1. The van der Waals surface area contributed by atoms with Gasteiger partial charge in [0.15, 0.2) is 6.61 Å². The van der Waals surface area contributed by atoms with E-state index in [0.29, 0.717) is 23.4 Å². The highest BCUT2D eigenvalue weighted by Crippen LogP contribution is 2.37. The summed E-state index contributed by atoms with van der Waals surface area (Å²) in [4.78, 5) is 12.3. The number of benzene rings is 2. The second-order valence-corrected chi connectivity index (χ2v) is 8.84. The Hall–Kier alpha value is -2.10. The highest BCUT2D eigenvalue weighted by Gasteiger charge is 2.28. The van der Waals surface area contributed by atoms with Gasteiger partial charge in [-0.15, -0.1) is 11.8 Å². The Morgan fingerprint density at radius 2 is 2.08 bits per heavy atom. The standard InChI is InChI=1S/C17H15FN2O4S2/c18-10-1-4-16-12(7-10)13(5-6-25-16)20-26(22,23)11-2-3-15-14(8-11)19-17(21)9-24-15/h1-4,7-8,13,20H,5-6,9H2,(H,19,21)/t13-/m0/s1. The molecule has 0 spiro atoms. The number of amides is 1. The van der Waals surface area contributed by atoms with Crippen molar-refractivity contribution in [3.05, 3.63) is 47.8 Å². The van der Waals surface area contributed by atoms with Crippen molar-refractivity contribution in [2.75, 3.05) is 17.7 Å². The van der Waals surface area contributed by atoms with Gasteiger partial charge in [-0.05, 0) is 54.1 Å². The molecule has 0 radical (unpaired) electrons. The van der Waals surface area contributed by atoms with E-state index in [-0.39, 0.29) is 17.4 Å². The Labute approximate surface area is 154 Å². The molecule has 2 aliphatic heterocycles. The number of ether oxygens (including phenoxy) is 1. The first-order valence-corrected chi connectivity index (χ1v) is 10.4. The van der Waals surface area contributed by atoms with Crippen molar-refractivity contribution < 1.29 is 22.3 Å². The molecular formula is C17H15FN2O4S2. The predicted octanol–water partition coefficient (Wildman–Crippen LogP) is 2.67. The van der Waals surface area contributed by atoms with Crippen molar-refractivity contribution >= 4 is 33.4 Å². The highest BCUT2D eigenvalue weighted by molar-refractivity contribution is 7.99. The molecule has 0 aromatic heterocycles. The van der Waals surface area contributed by atoms with E-state index in [2.05, 4.69) is 10.0 Å². The zero-order valence-corrected chi connectivity index (χ0v) is 15.1. The van der Waals surface area contributed by atoms with E-state index in [1.165, 1.54) is 30.3 Å². The van der Waals surface area contributed by atoms with Gasteiger partial charge in [-0.1, -0.05) is 0 Å². The Morgan fingerprint density at radius 1 is 1.23 bits per heavy atom. The molecule has 2 aliphatic rings. The molecule has 6 nitrogen and oxygen atoms in total. The maximum absolute atomic E-state index is 13.6. The van der Waals surface area contributed by atoms with Gasteiger partial charge in [0.2, 0.25) is 10.0 Å². The van der Waals surface area contributed by atoms with Crippen molar-refractivity contribution in [2.45, 2.75) is 22.3 Å². The molecule has 1 amide bonds. The first-order valence-electron chi connectivity index (χ1n) is 7.94. The zero-order chi connectivity index (χ0) is 18.3. The van der Waals surface area contributed by atoms with Crippen LogP contribution in [-0.4, -0.2) is 26.7 Å². The van der Waals surface area contributed by atoms with Crippen molar-refractivity contribution in [2.24, 2.45) is 0 Å². The molecule has 1 atom stereocenters. The summed E-state index contributed by atoms with van der Waals surface area (Å²) in [6.45, 7) is -0.0978. The highest BCUT2D eigenvalue weighted by atomic mass is 32.2. The van der Waals surface area contributed by atoms with Crippen LogP contribution in [0.4, 0.5) is 10.1 Å². The Kier molecular flexibility index (Phi) is 4.37. The lowest BCUT2D eigenvalue weighted by Gasteiger charge is -2.26. The molecular weight excluding hydrogens is 379 g/mol. The number of fused-ring (bicyclic) bond motifs is 2. The van der Waals surface area contributed by atoms with Gasteiger partial charge in [0.25, 0.3) is 5.91 Å². The van der Waals surface area contributed by atoms with E-state index in [9.17, 15) is 17.6 Å². The second-order valence-electron chi connectivity index (χ2n) is 5.99. The summed E-state index contributed by atoms with van der Waals surface area (Å²) in [6, 6.07) is 8.19. The molecule has 2 N–H and O–H groups in total. The SMILES string of the molecule is O=C1COc2ccc(S(=O)(=O)N[C@H]3CCSc4ccc(F)cc43)cc2N1. The third-order valence-electron chi connectivity index (χ3n) is 4.20. The summed E-state index contributed by atoms with van der Waals surface area (Å²) < 4.78 is 47.1. The minimum Gasteiger partial charge on any atom is -0.482 e. The summed E-state index contributed by atoms with van der Waals surface area (Å²) in [6.07, 6.45) is 0.561. The zero-order valence-electron chi connectivity index (χ0n) is 13.5. The van der Waals surface area contributed by atoms with E-state index in [4.69, 9.17) is 4.74 Å². The summed E-state index contributed by atoms with van der Waals surface area (Å²) in [5.41, 5.74) is 0.953. The van der Waals surface area contributed by atoms with Crippen LogP contribution in [0.1, 0.15) is 18.0 Å². The lowest BCUT2D eigenvalue weighted by Crippen LogP contribution is -2.31. The summed E-state index contributed by atoms with van der Waals surface area (Å²) >= 11 is 1.58. The number of halogens is 1. The smallest absolute Gasteiger partial charge is 0.262 e. The van der Waals surface area contributed by atoms with E-state index >= 15 is 0 Å². The predicted molar refractivity (Wildman–Crippen MR) is 95.4 cm³/mol. The fraction of sp³-hybridized carbons (Fsp3) is 0.235. The minimum atomic E-state index is -3.85. The number of hydrogen-bond acceptors (Lipinski definition) is 5. The summed E-state index contributed by atoms with van der Waals surface area (Å²) in [5.74, 6) is 0.419. The Morgan fingerprint density at radius 3 is 2.92 bits per heavy atom. The second kappa shape index (κ2) is 6.57. The number of carbonyl (C=O) groups is 1. The minimum absolute atomic E-state index is 0.0122. The van der Waals surface area contributed by atoms with Crippen LogP contribution in [0.15, 0.2) is 46.2 Å². The molecule has 0 saturated carbocycles. The lowest BCUT2D eigenvalue weighted by atomic mass is 10.0. The van der Waals surface area contributed by atoms with Crippen molar-refractivity contribution in [3.8, 4) is 5.75 Å². The van der Waals surface area contributed by atoms with Crippen molar-refractivity contribution in [1.82, 2.24) is 4.72 Å². The number of nitrogens with one attached hydrogen (secondary N) is 2. The number of anilines is 1. The van der Waals surface area contributed by atoms with E-state index in [1.54, 1.807) is 17.8 Å². The number of sulfonamides is 1. The molecule has 0 unspecified atom stereocenters. The molecule has 0 aliphatic carbocycles. The van der Waals surface area contributed by atoms with Crippen molar-refractivity contribution in [1.29, 1.82) is 0 Å². The van der Waals surface area contributed by atoms with E-state index < -0.39 is 21.9 Å². The van der Waals surface area contributed by atoms with Crippen LogP contribution < -0.4 is 14.8 Å². The summed E-state index contributed by atoms with van der Waals surface area (Å²) in [5, 5.41) is 2.59. The fourth-order valence-corrected chi connectivity index (χ4v) is 5.35. The van der Waals surface area contributed by atoms with Gasteiger partial charge in [0.1, 0.15) is 11.6 Å².